The second kappa shape index (κ2) is 13.3. The number of hydrogen-bond donors (Lipinski definition) is 3. The molecule has 3 rings (SSSR count). The van der Waals surface area contributed by atoms with E-state index in [1.807, 2.05) is 0 Å². The molecule has 1 aromatic rings. The molecule has 0 radical (unpaired) electrons. The van der Waals surface area contributed by atoms with Gasteiger partial charge in [0.05, 0.1) is 0 Å². The Balaban J connectivity index is 1.54. The van der Waals surface area contributed by atoms with E-state index in [1.165, 1.54) is 51.4 Å². The lowest BCUT2D eigenvalue weighted by molar-refractivity contribution is 0.405. The summed E-state index contributed by atoms with van der Waals surface area (Å²) in [5.74, 6) is 1.95. The first-order valence-corrected chi connectivity index (χ1v) is 12.2. The topological polar surface area (TPSA) is 78.0 Å². The van der Waals surface area contributed by atoms with E-state index in [9.17, 15) is 0 Å². The van der Waals surface area contributed by atoms with Crippen molar-refractivity contribution >= 4 is 17.8 Å². The summed E-state index contributed by atoms with van der Waals surface area (Å²) in [6.07, 6.45) is 18.2. The van der Waals surface area contributed by atoms with E-state index in [0.29, 0.717) is 17.8 Å². The first-order chi connectivity index (χ1) is 15.2. The van der Waals surface area contributed by atoms with Gasteiger partial charge in [0.15, 0.2) is 0 Å². The third-order valence-electron chi connectivity index (χ3n) is 5.93. The molecule has 0 bridgehead atoms. The smallest absolute Gasteiger partial charge is 0.229 e. The van der Waals surface area contributed by atoms with Crippen LogP contribution in [0.3, 0.4) is 0 Å². The molecule has 2 aliphatic carbocycles. The van der Waals surface area contributed by atoms with Crippen molar-refractivity contribution in [3.8, 4) is 0 Å². The molecule has 0 fully saturated rings. The molecule has 7 nitrogen and oxygen atoms in total. The van der Waals surface area contributed by atoms with Crippen LogP contribution in [-0.2, 0) is 0 Å². The highest BCUT2D eigenvalue weighted by molar-refractivity contribution is 5.42. The molecule has 0 spiro atoms. The Morgan fingerprint density at radius 3 is 1.61 bits per heavy atom. The number of rotatable bonds is 13. The molecular formula is C24H41N7. The highest BCUT2D eigenvalue weighted by atomic mass is 15.3. The molecule has 0 saturated carbocycles. The number of nitrogens with zero attached hydrogens (tertiary/aromatic N) is 4. The van der Waals surface area contributed by atoms with Crippen LogP contribution in [-0.4, -0.2) is 60.1 Å². The summed E-state index contributed by atoms with van der Waals surface area (Å²) in [6, 6.07) is 0. The van der Waals surface area contributed by atoms with Crippen molar-refractivity contribution < 1.29 is 0 Å². The summed E-state index contributed by atoms with van der Waals surface area (Å²) < 4.78 is 0. The van der Waals surface area contributed by atoms with E-state index in [4.69, 9.17) is 0 Å². The van der Waals surface area contributed by atoms with Crippen molar-refractivity contribution in [2.75, 3.05) is 56.2 Å². The number of hydrogen-bond acceptors (Lipinski definition) is 7. The summed E-state index contributed by atoms with van der Waals surface area (Å²) >= 11 is 0. The number of allylic oxidation sites excluding steroid dienone is 2. The number of anilines is 3. The fourth-order valence-electron chi connectivity index (χ4n) is 4.14. The molecule has 1 heterocycles. The minimum atomic E-state index is 0.646. The quantitative estimate of drug-likeness (QED) is 0.307. The van der Waals surface area contributed by atoms with Gasteiger partial charge in [-0.3, -0.25) is 0 Å². The molecule has 0 atom stereocenters. The molecule has 172 valence electrons. The van der Waals surface area contributed by atoms with Crippen LogP contribution >= 0.6 is 0 Å². The van der Waals surface area contributed by atoms with Crippen molar-refractivity contribution in [3.63, 3.8) is 0 Å². The van der Waals surface area contributed by atoms with Crippen molar-refractivity contribution in [1.82, 2.24) is 19.9 Å². The van der Waals surface area contributed by atoms with Crippen LogP contribution in [0.1, 0.15) is 70.6 Å². The van der Waals surface area contributed by atoms with E-state index >= 15 is 0 Å². The maximum Gasteiger partial charge on any atom is 0.229 e. The SMILES string of the molecule is CN(C)CCCNc1nc(NCCC2=CCCCC2)nc(NCCC2=CCCCC2)n1. The minimum absolute atomic E-state index is 0.646. The Morgan fingerprint density at radius 2 is 1.19 bits per heavy atom. The molecule has 0 aliphatic heterocycles. The molecule has 0 saturated heterocycles. The highest BCUT2D eigenvalue weighted by Crippen LogP contribution is 2.21. The summed E-state index contributed by atoms with van der Waals surface area (Å²) in [7, 11) is 4.19. The Bertz CT molecular complexity index is 676. The van der Waals surface area contributed by atoms with Gasteiger partial charge in [0, 0.05) is 19.6 Å². The number of nitrogens with one attached hydrogen (secondary N) is 3. The van der Waals surface area contributed by atoms with Crippen LogP contribution < -0.4 is 16.0 Å². The largest absolute Gasteiger partial charge is 0.354 e. The van der Waals surface area contributed by atoms with Crippen molar-refractivity contribution in [3.05, 3.63) is 23.3 Å². The first-order valence-electron chi connectivity index (χ1n) is 12.2. The summed E-state index contributed by atoms with van der Waals surface area (Å²) in [6.45, 7) is 3.61. The van der Waals surface area contributed by atoms with E-state index in [0.717, 1.165) is 45.4 Å². The molecule has 0 unspecified atom stereocenters. The number of aromatic nitrogens is 3. The molecule has 7 heteroatoms. The van der Waals surface area contributed by atoms with Crippen LogP contribution in [0.4, 0.5) is 17.8 Å². The zero-order valence-electron chi connectivity index (χ0n) is 19.6. The van der Waals surface area contributed by atoms with E-state index in [-0.39, 0.29) is 0 Å². The van der Waals surface area contributed by atoms with E-state index in [1.54, 1.807) is 11.1 Å². The predicted molar refractivity (Wildman–Crippen MR) is 131 cm³/mol. The van der Waals surface area contributed by atoms with E-state index < -0.39 is 0 Å². The van der Waals surface area contributed by atoms with Gasteiger partial charge in [0.1, 0.15) is 0 Å². The second-order valence-electron chi connectivity index (χ2n) is 8.96. The summed E-state index contributed by atoms with van der Waals surface area (Å²) in [4.78, 5) is 16.0. The average molecular weight is 428 g/mol. The van der Waals surface area contributed by atoms with Gasteiger partial charge >= 0.3 is 0 Å². The van der Waals surface area contributed by atoms with Gasteiger partial charge in [-0.2, -0.15) is 15.0 Å². The van der Waals surface area contributed by atoms with Gasteiger partial charge in [-0.05, 0) is 91.3 Å². The van der Waals surface area contributed by atoms with Crippen LogP contribution in [0.2, 0.25) is 0 Å². The highest BCUT2D eigenvalue weighted by Gasteiger charge is 2.09. The third-order valence-corrected chi connectivity index (χ3v) is 5.93. The van der Waals surface area contributed by atoms with E-state index in [2.05, 4.69) is 62.0 Å². The molecule has 1 aromatic heterocycles. The first kappa shape index (κ1) is 23.5. The molecule has 3 N–H and O–H groups in total. The Kier molecular flexibility index (Phi) is 10.1. The molecular weight excluding hydrogens is 386 g/mol. The predicted octanol–water partition coefficient (Wildman–Crippen LogP) is 4.84. The standard InChI is InChI=1S/C24H41N7/c1-31(2)19-9-16-25-22-28-23(26-17-14-20-10-5-3-6-11-20)30-24(29-22)27-18-15-21-12-7-4-8-13-21/h10,12H,3-9,11,13-19H2,1-2H3,(H3,25,26,27,28,29,30). The lowest BCUT2D eigenvalue weighted by Gasteiger charge is -2.15. The monoisotopic (exact) mass is 427 g/mol. The average Bonchev–Trinajstić information content (AvgIpc) is 2.78. The van der Waals surface area contributed by atoms with Crippen molar-refractivity contribution in [1.29, 1.82) is 0 Å². The lowest BCUT2D eigenvalue weighted by atomic mass is 9.97. The summed E-state index contributed by atoms with van der Waals surface area (Å²) in [5.41, 5.74) is 3.13. The van der Waals surface area contributed by atoms with Gasteiger partial charge in [-0.25, -0.2) is 0 Å². The maximum atomic E-state index is 4.62. The fourth-order valence-corrected chi connectivity index (χ4v) is 4.14. The van der Waals surface area contributed by atoms with Gasteiger partial charge in [0.25, 0.3) is 0 Å². The van der Waals surface area contributed by atoms with Crippen LogP contribution in [0.5, 0.6) is 0 Å². The third kappa shape index (κ3) is 9.25. The van der Waals surface area contributed by atoms with Gasteiger partial charge in [-0.1, -0.05) is 23.3 Å². The second-order valence-corrected chi connectivity index (χ2v) is 8.96. The zero-order valence-corrected chi connectivity index (χ0v) is 19.6. The Morgan fingerprint density at radius 1 is 0.710 bits per heavy atom. The molecule has 0 aromatic carbocycles. The van der Waals surface area contributed by atoms with Crippen LogP contribution in [0, 0.1) is 0 Å². The van der Waals surface area contributed by atoms with Crippen molar-refractivity contribution in [2.45, 2.75) is 70.6 Å². The van der Waals surface area contributed by atoms with Crippen molar-refractivity contribution in [2.24, 2.45) is 0 Å². The molecule has 31 heavy (non-hydrogen) atoms. The fraction of sp³-hybridized carbons (Fsp3) is 0.708. The normalized spacial score (nSPS) is 16.6. The van der Waals surface area contributed by atoms with Gasteiger partial charge < -0.3 is 20.9 Å². The zero-order chi connectivity index (χ0) is 21.7. The van der Waals surface area contributed by atoms with Crippen LogP contribution in [0.25, 0.3) is 0 Å². The van der Waals surface area contributed by atoms with Gasteiger partial charge in [-0.15, -0.1) is 0 Å². The summed E-state index contributed by atoms with van der Waals surface area (Å²) in [5, 5.41) is 10.2. The van der Waals surface area contributed by atoms with Gasteiger partial charge in [0.2, 0.25) is 17.8 Å². The Hall–Kier alpha value is -2.15. The lowest BCUT2D eigenvalue weighted by Crippen LogP contribution is -2.18. The van der Waals surface area contributed by atoms with Crippen LogP contribution in [0.15, 0.2) is 23.3 Å². The molecule has 0 amide bonds. The minimum Gasteiger partial charge on any atom is -0.354 e. The maximum absolute atomic E-state index is 4.62. The Labute approximate surface area is 188 Å². The molecule has 2 aliphatic rings.